The number of nitrogens with zero attached hydrogens (tertiary/aromatic N) is 2. The van der Waals surface area contributed by atoms with Gasteiger partial charge in [0, 0.05) is 29.9 Å². The van der Waals surface area contributed by atoms with E-state index in [0.717, 1.165) is 16.9 Å². The Morgan fingerprint density at radius 1 is 1.09 bits per heavy atom. The second-order valence-corrected chi connectivity index (χ2v) is 5.58. The standard InChI is InChI=1S/C17H15N3O2/c21-17(19-22)16-14(11-6-2-1-3-7-11)15(16)12-10-18-13-8-4-5-9-20(12)13/h1-10,14-16,22H,(H,19,21)/t14-,15-,16-/m1/s1. The molecule has 0 bridgehead atoms. The van der Waals surface area contributed by atoms with Crippen LogP contribution in [0.1, 0.15) is 23.1 Å². The van der Waals surface area contributed by atoms with Crippen LogP contribution in [0.15, 0.2) is 60.9 Å². The van der Waals surface area contributed by atoms with Gasteiger partial charge in [0.15, 0.2) is 0 Å². The Morgan fingerprint density at radius 2 is 1.86 bits per heavy atom. The quantitative estimate of drug-likeness (QED) is 0.575. The molecule has 3 aromatic rings. The number of aromatic nitrogens is 2. The summed E-state index contributed by atoms with van der Waals surface area (Å²) in [4.78, 5) is 16.4. The van der Waals surface area contributed by atoms with E-state index in [-0.39, 0.29) is 23.7 Å². The first kappa shape index (κ1) is 13.0. The van der Waals surface area contributed by atoms with Crippen LogP contribution in [0.25, 0.3) is 5.65 Å². The van der Waals surface area contributed by atoms with Crippen molar-refractivity contribution in [2.75, 3.05) is 0 Å². The fourth-order valence-electron chi connectivity index (χ4n) is 3.37. The molecule has 0 saturated heterocycles. The van der Waals surface area contributed by atoms with E-state index < -0.39 is 0 Å². The number of carbonyl (C=O) groups is 1. The third-order valence-corrected chi connectivity index (χ3v) is 4.40. The van der Waals surface area contributed by atoms with Gasteiger partial charge in [-0.25, -0.2) is 10.5 Å². The smallest absolute Gasteiger partial charge is 0.247 e. The molecular weight excluding hydrogens is 278 g/mol. The van der Waals surface area contributed by atoms with Crippen LogP contribution in [-0.2, 0) is 4.79 Å². The van der Waals surface area contributed by atoms with Crippen LogP contribution < -0.4 is 5.48 Å². The molecule has 0 unspecified atom stereocenters. The van der Waals surface area contributed by atoms with Crippen LogP contribution in [0.3, 0.4) is 0 Å². The molecule has 1 fully saturated rings. The molecule has 2 aromatic heterocycles. The van der Waals surface area contributed by atoms with Crippen LogP contribution in [0.5, 0.6) is 0 Å². The first-order valence-electron chi connectivity index (χ1n) is 7.22. The highest BCUT2D eigenvalue weighted by molar-refractivity contribution is 5.84. The van der Waals surface area contributed by atoms with Gasteiger partial charge in [-0.2, -0.15) is 0 Å². The number of hydrogen-bond acceptors (Lipinski definition) is 3. The van der Waals surface area contributed by atoms with Gasteiger partial charge in [-0.15, -0.1) is 0 Å². The summed E-state index contributed by atoms with van der Waals surface area (Å²) in [6.07, 6.45) is 3.77. The minimum Gasteiger partial charge on any atom is -0.304 e. The molecule has 0 aliphatic heterocycles. The van der Waals surface area contributed by atoms with Crippen LogP contribution in [-0.4, -0.2) is 20.5 Å². The number of rotatable bonds is 3. The summed E-state index contributed by atoms with van der Waals surface area (Å²) in [6.45, 7) is 0. The van der Waals surface area contributed by atoms with Gasteiger partial charge in [0.25, 0.3) is 0 Å². The molecule has 1 aliphatic rings. The van der Waals surface area contributed by atoms with Gasteiger partial charge in [0.2, 0.25) is 5.91 Å². The second kappa shape index (κ2) is 4.96. The van der Waals surface area contributed by atoms with Crippen LogP contribution in [0, 0.1) is 5.92 Å². The van der Waals surface area contributed by atoms with Gasteiger partial charge in [-0.1, -0.05) is 36.4 Å². The maximum atomic E-state index is 12.0. The zero-order chi connectivity index (χ0) is 15.1. The molecule has 3 atom stereocenters. The van der Waals surface area contributed by atoms with Gasteiger partial charge in [-0.3, -0.25) is 10.0 Å². The van der Waals surface area contributed by atoms with E-state index in [1.54, 1.807) is 5.48 Å². The third kappa shape index (κ3) is 1.90. The summed E-state index contributed by atoms with van der Waals surface area (Å²) in [5, 5.41) is 9.02. The normalized spacial score (nSPS) is 23.4. The molecule has 5 heteroatoms. The lowest BCUT2D eigenvalue weighted by atomic mass is 10.1. The van der Waals surface area contributed by atoms with Crippen molar-refractivity contribution in [1.29, 1.82) is 0 Å². The third-order valence-electron chi connectivity index (χ3n) is 4.40. The summed E-state index contributed by atoms with van der Waals surface area (Å²) in [5.41, 5.74) is 4.76. The molecule has 0 radical (unpaired) electrons. The zero-order valence-corrected chi connectivity index (χ0v) is 11.8. The molecule has 2 heterocycles. The lowest BCUT2D eigenvalue weighted by molar-refractivity contribution is -0.130. The van der Waals surface area contributed by atoms with Gasteiger partial charge in [0.05, 0.1) is 5.92 Å². The predicted molar refractivity (Wildman–Crippen MR) is 80.5 cm³/mol. The highest BCUT2D eigenvalue weighted by Crippen LogP contribution is 2.60. The van der Waals surface area contributed by atoms with Crippen molar-refractivity contribution in [1.82, 2.24) is 14.9 Å². The Labute approximate surface area is 127 Å². The van der Waals surface area contributed by atoms with Crippen molar-refractivity contribution in [2.24, 2.45) is 5.92 Å². The maximum Gasteiger partial charge on any atom is 0.247 e. The summed E-state index contributed by atoms with van der Waals surface area (Å²) in [6, 6.07) is 15.7. The molecule has 4 rings (SSSR count). The number of fused-ring (bicyclic) bond motifs is 1. The second-order valence-electron chi connectivity index (χ2n) is 5.58. The molecule has 110 valence electrons. The molecule has 1 aliphatic carbocycles. The number of pyridine rings is 1. The number of carbonyl (C=O) groups excluding carboxylic acids is 1. The van der Waals surface area contributed by atoms with E-state index >= 15 is 0 Å². The minimum atomic E-state index is -0.343. The summed E-state index contributed by atoms with van der Waals surface area (Å²) < 4.78 is 2.01. The number of amides is 1. The number of imidazole rings is 1. The largest absolute Gasteiger partial charge is 0.304 e. The van der Waals surface area contributed by atoms with Crippen molar-refractivity contribution in [2.45, 2.75) is 11.8 Å². The average molecular weight is 293 g/mol. The Hall–Kier alpha value is -2.66. The summed E-state index contributed by atoms with van der Waals surface area (Å²) >= 11 is 0. The Balaban J connectivity index is 1.78. The van der Waals surface area contributed by atoms with Crippen molar-refractivity contribution in [3.05, 3.63) is 72.2 Å². The van der Waals surface area contributed by atoms with Crippen LogP contribution in [0.4, 0.5) is 0 Å². The zero-order valence-electron chi connectivity index (χ0n) is 11.8. The highest BCUT2D eigenvalue weighted by atomic mass is 16.5. The number of hydrogen-bond donors (Lipinski definition) is 2. The molecule has 1 amide bonds. The number of nitrogens with one attached hydrogen (secondary N) is 1. The van der Waals surface area contributed by atoms with E-state index in [1.807, 2.05) is 65.3 Å². The van der Waals surface area contributed by atoms with Gasteiger partial charge in [-0.05, 0) is 17.7 Å². The molecule has 0 spiro atoms. The van der Waals surface area contributed by atoms with Crippen LogP contribution >= 0.6 is 0 Å². The van der Waals surface area contributed by atoms with Gasteiger partial charge < -0.3 is 4.40 Å². The molecule has 1 aromatic carbocycles. The Kier molecular flexibility index (Phi) is 2.94. The minimum absolute atomic E-state index is 0.0203. The maximum absolute atomic E-state index is 12.0. The number of benzene rings is 1. The van der Waals surface area contributed by atoms with E-state index in [2.05, 4.69) is 4.98 Å². The summed E-state index contributed by atoms with van der Waals surface area (Å²) in [7, 11) is 0. The Bertz CT molecular complexity index is 828. The van der Waals surface area contributed by atoms with Crippen molar-refractivity contribution in [3.8, 4) is 0 Å². The van der Waals surface area contributed by atoms with Gasteiger partial charge >= 0.3 is 0 Å². The number of hydroxylamine groups is 1. The van der Waals surface area contributed by atoms with Crippen LogP contribution in [0.2, 0.25) is 0 Å². The first-order valence-corrected chi connectivity index (χ1v) is 7.22. The van der Waals surface area contributed by atoms with Gasteiger partial charge in [0.1, 0.15) is 5.65 Å². The first-order chi connectivity index (χ1) is 10.8. The van der Waals surface area contributed by atoms with Crippen molar-refractivity contribution < 1.29 is 10.0 Å². The fourth-order valence-corrected chi connectivity index (χ4v) is 3.37. The van der Waals surface area contributed by atoms with Crippen molar-refractivity contribution >= 4 is 11.6 Å². The van der Waals surface area contributed by atoms with Crippen molar-refractivity contribution in [3.63, 3.8) is 0 Å². The Morgan fingerprint density at radius 3 is 2.64 bits per heavy atom. The molecule has 5 nitrogen and oxygen atoms in total. The van der Waals surface area contributed by atoms with E-state index in [0.29, 0.717) is 0 Å². The lowest BCUT2D eigenvalue weighted by Gasteiger charge is -2.01. The SMILES string of the molecule is O=C(NO)[C@@H]1[C@H](c2ccccc2)[C@H]1c1cnc2ccccn12. The molecular formula is C17H15N3O2. The van der Waals surface area contributed by atoms with E-state index in [1.165, 1.54) is 0 Å². The molecule has 2 N–H and O–H groups in total. The topological polar surface area (TPSA) is 66.6 Å². The predicted octanol–water partition coefficient (Wildman–Crippen LogP) is 2.34. The average Bonchev–Trinajstić information content (AvgIpc) is 3.18. The monoisotopic (exact) mass is 293 g/mol. The van der Waals surface area contributed by atoms with E-state index in [4.69, 9.17) is 5.21 Å². The fraction of sp³-hybridized carbons (Fsp3) is 0.176. The van der Waals surface area contributed by atoms with E-state index in [9.17, 15) is 4.79 Å². The summed E-state index contributed by atoms with van der Waals surface area (Å²) in [5.74, 6) is -0.530. The molecule has 22 heavy (non-hydrogen) atoms. The lowest BCUT2D eigenvalue weighted by Crippen LogP contribution is -2.21. The molecule has 1 saturated carbocycles. The highest BCUT2D eigenvalue weighted by Gasteiger charge is 2.57.